The van der Waals surface area contributed by atoms with Gasteiger partial charge in [-0.3, -0.25) is 4.90 Å². The molecule has 104 valence electrons. The van der Waals surface area contributed by atoms with Crippen LogP contribution >= 0.6 is 0 Å². The van der Waals surface area contributed by atoms with Crippen molar-refractivity contribution in [3.8, 4) is 6.07 Å². The zero-order valence-corrected chi connectivity index (χ0v) is 11.6. The molecule has 1 aliphatic heterocycles. The van der Waals surface area contributed by atoms with Gasteiger partial charge in [0.25, 0.3) is 0 Å². The molecule has 0 fully saturated rings. The van der Waals surface area contributed by atoms with Gasteiger partial charge >= 0.3 is 6.09 Å². The lowest BCUT2D eigenvalue weighted by Crippen LogP contribution is -2.33. The van der Waals surface area contributed by atoms with Crippen LogP contribution in [0.1, 0.15) is 18.9 Å². The number of nitrogens with zero attached hydrogens (tertiary/aromatic N) is 2. The number of rotatable bonds is 3. The highest BCUT2D eigenvalue weighted by atomic mass is 16.6. The third-order valence-corrected chi connectivity index (χ3v) is 3.34. The molecule has 1 aliphatic rings. The van der Waals surface area contributed by atoms with Crippen LogP contribution in [-0.4, -0.2) is 24.1 Å². The van der Waals surface area contributed by atoms with Crippen molar-refractivity contribution in [3.05, 3.63) is 47.7 Å². The van der Waals surface area contributed by atoms with Gasteiger partial charge in [0.2, 0.25) is 0 Å². The van der Waals surface area contributed by atoms with E-state index in [0.717, 1.165) is 11.1 Å². The van der Waals surface area contributed by atoms with E-state index in [4.69, 9.17) is 4.74 Å². The summed E-state index contributed by atoms with van der Waals surface area (Å²) in [6, 6.07) is 12.3. The van der Waals surface area contributed by atoms with Gasteiger partial charge in [0.05, 0.1) is 18.6 Å². The van der Waals surface area contributed by atoms with E-state index < -0.39 is 0 Å². The molecule has 1 atom stereocenters. The van der Waals surface area contributed by atoms with Gasteiger partial charge in [-0.2, -0.15) is 5.26 Å². The van der Waals surface area contributed by atoms with Crippen LogP contribution in [-0.2, 0) is 11.2 Å². The molecular weight excluding hydrogens is 252 g/mol. The zero-order valence-electron chi connectivity index (χ0n) is 11.6. The normalized spacial score (nSPS) is 18.1. The molecule has 4 nitrogen and oxygen atoms in total. The van der Waals surface area contributed by atoms with Crippen molar-refractivity contribution in [3.63, 3.8) is 0 Å². The van der Waals surface area contributed by atoms with Crippen LogP contribution in [0.5, 0.6) is 0 Å². The molecule has 0 N–H and O–H groups in total. The third-order valence-electron chi connectivity index (χ3n) is 3.34. The average molecular weight is 270 g/mol. The highest BCUT2D eigenvalue weighted by Gasteiger charge is 2.24. The van der Waals surface area contributed by atoms with Crippen molar-refractivity contribution in [2.24, 2.45) is 5.92 Å². The van der Waals surface area contributed by atoms with Crippen molar-refractivity contribution >= 4 is 6.09 Å². The number of nitriles is 1. The summed E-state index contributed by atoms with van der Waals surface area (Å²) in [4.78, 5) is 13.3. The second-order valence-electron chi connectivity index (χ2n) is 4.73. The van der Waals surface area contributed by atoms with Crippen molar-refractivity contribution in [2.45, 2.75) is 19.8 Å². The molecule has 0 bridgehead atoms. The van der Waals surface area contributed by atoms with E-state index >= 15 is 0 Å². The second kappa shape index (κ2) is 6.76. The van der Waals surface area contributed by atoms with Gasteiger partial charge in [0.1, 0.15) is 0 Å². The quantitative estimate of drug-likeness (QED) is 0.848. The molecule has 20 heavy (non-hydrogen) atoms. The molecule has 0 aliphatic carbocycles. The van der Waals surface area contributed by atoms with Crippen molar-refractivity contribution in [1.29, 1.82) is 5.26 Å². The molecule has 4 heteroatoms. The van der Waals surface area contributed by atoms with Crippen LogP contribution in [0, 0.1) is 17.2 Å². The van der Waals surface area contributed by atoms with Crippen LogP contribution in [0.15, 0.2) is 42.1 Å². The predicted molar refractivity (Wildman–Crippen MR) is 75.7 cm³/mol. The Hall–Kier alpha value is -2.28. The first-order valence-electron chi connectivity index (χ1n) is 6.82. The zero-order chi connectivity index (χ0) is 14.4. The molecule has 0 saturated carbocycles. The molecular formula is C16H18N2O2. The van der Waals surface area contributed by atoms with Crippen molar-refractivity contribution in [1.82, 2.24) is 4.90 Å². The molecule has 2 rings (SSSR count). The van der Waals surface area contributed by atoms with Gasteiger partial charge in [0.15, 0.2) is 0 Å². The smallest absolute Gasteiger partial charge is 0.413 e. The summed E-state index contributed by atoms with van der Waals surface area (Å²) in [5, 5.41) is 9.24. The topological polar surface area (TPSA) is 53.3 Å². The Labute approximate surface area is 119 Å². The Kier molecular flexibility index (Phi) is 4.78. The third kappa shape index (κ3) is 3.39. The first kappa shape index (κ1) is 14.1. The van der Waals surface area contributed by atoms with E-state index in [1.807, 2.05) is 30.3 Å². The highest BCUT2D eigenvalue weighted by molar-refractivity contribution is 5.69. The van der Waals surface area contributed by atoms with Gasteiger partial charge in [0, 0.05) is 12.7 Å². The summed E-state index contributed by atoms with van der Waals surface area (Å²) in [7, 11) is 0. The lowest BCUT2D eigenvalue weighted by molar-refractivity contribution is 0.119. The van der Waals surface area contributed by atoms with Gasteiger partial charge < -0.3 is 4.74 Å². The number of hydrogen-bond donors (Lipinski definition) is 0. The largest absolute Gasteiger partial charge is 0.449 e. The lowest BCUT2D eigenvalue weighted by Gasteiger charge is -2.27. The molecule has 0 spiro atoms. The molecule has 1 aromatic rings. The molecule has 1 amide bonds. The SMILES string of the molecule is CCOC(=O)N1C=C(Cc2ccccc2)C(C#N)CC1. The summed E-state index contributed by atoms with van der Waals surface area (Å²) >= 11 is 0. The van der Waals surface area contributed by atoms with Gasteiger partial charge in [-0.1, -0.05) is 30.3 Å². The van der Waals surface area contributed by atoms with E-state index in [9.17, 15) is 10.1 Å². The van der Waals surface area contributed by atoms with Gasteiger partial charge in [-0.25, -0.2) is 4.79 Å². The average Bonchev–Trinajstić information content (AvgIpc) is 2.48. The van der Waals surface area contributed by atoms with Crippen molar-refractivity contribution in [2.75, 3.05) is 13.2 Å². The Morgan fingerprint density at radius 3 is 2.85 bits per heavy atom. The fourth-order valence-electron chi connectivity index (χ4n) is 2.31. The number of carbonyl (C=O) groups excluding carboxylic acids is 1. The van der Waals surface area contributed by atoms with E-state index in [1.165, 1.54) is 0 Å². The number of amides is 1. The Balaban J connectivity index is 2.16. The maximum Gasteiger partial charge on any atom is 0.413 e. The Bertz CT molecular complexity index is 531. The minimum absolute atomic E-state index is 0.124. The summed E-state index contributed by atoms with van der Waals surface area (Å²) < 4.78 is 5.01. The van der Waals surface area contributed by atoms with Crippen LogP contribution < -0.4 is 0 Å². The Morgan fingerprint density at radius 1 is 1.45 bits per heavy atom. The van der Waals surface area contributed by atoms with Gasteiger partial charge in [-0.05, 0) is 30.9 Å². The number of benzene rings is 1. The van der Waals surface area contributed by atoms with Crippen LogP contribution in [0.2, 0.25) is 0 Å². The summed E-state index contributed by atoms with van der Waals surface area (Å²) in [6.45, 7) is 2.68. The molecule has 0 radical (unpaired) electrons. The molecule has 1 heterocycles. The van der Waals surface area contributed by atoms with E-state index in [2.05, 4.69) is 6.07 Å². The number of hydrogen-bond acceptors (Lipinski definition) is 3. The second-order valence-corrected chi connectivity index (χ2v) is 4.73. The van der Waals surface area contributed by atoms with Gasteiger partial charge in [-0.15, -0.1) is 0 Å². The highest BCUT2D eigenvalue weighted by Crippen LogP contribution is 2.25. The number of carbonyl (C=O) groups is 1. The lowest BCUT2D eigenvalue weighted by atomic mass is 9.90. The monoisotopic (exact) mass is 270 g/mol. The maximum absolute atomic E-state index is 11.8. The molecule has 1 unspecified atom stereocenters. The van der Waals surface area contributed by atoms with E-state index in [-0.39, 0.29) is 12.0 Å². The minimum Gasteiger partial charge on any atom is -0.449 e. The molecule has 1 aromatic carbocycles. The van der Waals surface area contributed by atoms with Crippen LogP contribution in [0.3, 0.4) is 0 Å². The fourth-order valence-corrected chi connectivity index (χ4v) is 2.31. The minimum atomic E-state index is -0.338. The summed E-state index contributed by atoms with van der Waals surface area (Å²) in [5.41, 5.74) is 2.11. The maximum atomic E-state index is 11.8. The van der Waals surface area contributed by atoms with E-state index in [1.54, 1.807) is 18.0 Å². The summed E-state index contributed by atoms with van der Waals surface area (Å²) in [5.74, 6) is -0.124. The number of allylic oxidation sites excluding steroid dienone is 1. The first-order valence-corrected chi connectivity index (χ1v) is 6.82. The standard InChI is InChI=1S/C16H18N2O2/c1-2-20-16(19)18-9-8-14(11-17)15(12-18)10-13-6-4-3-5-7-13/h3-7,12,14H,2,8-10H2,1H3. The van der Waals surface area contributed by atoms with E-state index in [0.29, 0.717) is 26.0 Å². The number of ether oxygens (including phenoxy) is 1. The Morgan fingerprint density at radius 2 is 2.20 bits per heavy atom. The van der Waals surface area contributed by atoms with Crippen molar-refractivity contribution < 1.29 is 9.53 Å². The predicted octanol–water partition coefficient (Wildman–Crippen LogP) is 3.11. The fraction of sp³-hybridized carbons (Fsp3) is 0.375. The van der Waals surface area contributed by atoms with Crippen LogP contribution in [0.4, 0.5) is 4.79 Å². The summed E-state index contributed by atoms with van der Waals surface area (Å²) in [6.07, 6.45) is 2.79. The first-order chi connectivity index (χ1) is 9.74. The van der Waals surface area contributed by atoms with Crippen LogP contribution in [0.25, 0.3) is 0 Å². The molecule has 0 aromatic heterocycles. The molecule has 0 saturated heterocycles.